The Morgan fingerprint density at radius 2 is 2.17 bits per heavy atom. The van der Waals surface area contributed by atoms with Crippen LogP contribution in [0.3, 0.4) is 0 Å². The summed E-state index contributed by atoms with van der Waals surface area (Å²) in [6.07, 6.45) is 0. The van der Waals surface area contributed by atoms with E-state index in [1.807, 2.05) is 30.0 Å². The second kappa shape index (κ2) is 6.55. The molecule has 1 aromatic carbocycles. The second-order valence-electron chi connectivity index (χ2n) is 4.57. The van der Waals surface area contributed by atoms with E-state index in [-0.39, 0.29) is 24.4 Å². The lowest BCUT2D eigenvalue weighted by Gasteiger charge is -2.34. The van der Waals surface area contributed by atoms with E-state index in [0.29, 0.717) is 0 Å². The molecule has 100 valence electrons. The van der Waals surface area contributed by atoms with Gasteiger partial charge in [-0.15, -0.1) is 12.4 Å². The number of hydrogen-bond acceptors (Lipinski definition) is 2. The van der Waals surface area contributed by atoms with Crippen LogP contribution in [-0.4, -0.2) is 36.5 Å². The van der Waals surface area contributed by atoms with E-state index in [4.69, 9.17) is 0 Å². The molecule has 0 radical (unpaired) electrons. The van der Waals surface area contributed by atoms with Gasteiger partial charge in [0.2, 0.25) is 0 Å². The quantitative estimate of drug-likeness (QED) is 0.857. The van der Waals surface area contributed by atoms with Gasteiger partial charge in [0.1, 0.15) is 0 Å². The number of rotatable bonds is 1. The van der Waals surface area contributed by atoms with Gasteiger partial charge >= 0.3 is 0 Å². The number of carbonyl (C=O) groups excluding carboxylic acids is 1. The SMILES string of the molecule is Cc1cc(Br)cc(C(=O)N2CCNC[C@@H]2C)c1.Cl. The van der Waals surface area contributed by atoms with Gasteiger partial charge < -0.3 is 10.2 Å². The molecule has 1 aliphatic rings. The molecule has 1 atom stereocenters. The van der Waals surface area contributed by atoms with Crippen LogP contribution in [0.15, 0.2) is 22.7 Å². The molecule has 0 unspecified atom stereocenters. The van der Waals surface area contributed by atoms with Crippen LogP contribution in [0.1, 0.15) is 22.8 Å². The molecule has 2 rings (SSSR count). The van der Waals surface area contributed by atoms with Crippen molar-refractivity contribution in [3.8, 4) is 0 Å². The van der Waals surface area contributed by atoms with Gasteiger partial charge in [0.25, 0.3) is 5.91 Å². The number of aryl methyl sites for hydroxylation is 1. The van der Waals surface area contributed by atoms with Gasteiger partial charge in [-0.3, -0.25) is 4.79 Å². The standard InChI is InChI=1S/C13H17BrN2O.ClH/c1-9-5-11(7-12(14)6-9)13(17)16-4-3-15-8-10(16)2;/h5-7,10,15H,3-4,8H2,1-2H3;1H/t10-;/m0./s1. The highest BCUT2D eigenvalue weighted by molar-refractivity contribution is 9.10. The van der Waals surface area contributed by atoms with Gasteiger partial charge in [-0.05, 0) is 37.6 Å². The van der Waals surface area contributed by atoms with Crippen LogP contribution in [0.4, 0.5) is 0 Å². The van der Waals surface area contributed by atoms with E-state index in [0.717, 1.165) is 35.2 Å². The summed E-state index contributed by atoms with van der Waals surface area (Å²) in [4.78, 5) is 14.3. The molecule has 1 heterocycles. The van der Waals surface area contributed by atoms with Crippen molar-refractivity contribution in [1.82, 2.24) is 10.2 Å². The molecule has 1 fully saturated rings. The fourth-order valence-corrected chi connectivity index (χ4v) is 2.78. The first kappa shape index (κ1) is 15.5. The van der Waals surface area contributed by atoms with E-state index in [1.165, 1.54) is 0 Å². The predicted octanol–water partition coefficient (Wildman–Crippen LogP) is 2.61. The molecule has 0 bridgehead atoms. The summed E-state index contributed by atoms with van der Waals surface area (Å²) in [5.41, 5.74) is 1.87. The molecule has 1 N–H and O–H groups in total. The fourth-order valence-electron chi connectivity index (χ4n) is 2.17. The maximum absolute atomic E-state index is 12.4. The average molecular weight is 334 g/mol. The number of amides is 1. The Labute approximate surface area is 122 Å². The number of piperazine rings is 1. The molecule has 5 heteroatoms. The molecule has 0 saturated carbocycles. The zero-order valence-electron chi connectivity index (χ0n) is 10.6. The molecule has 1 aliphatic heterocycles. The number of nitrogens with one attached hydrogen (secondary N) is 1. The van der Waals surface area contributed by atoms with Gasteiger partial charge in [0.15, 0.2) is 0 Å². The van der Waals surface area contributed by atoms with Gasteiger partial charge in [0, 0.05) is 35.7 Å². The molecule has 1 aromatic rings. The predicted molar refractivity (Wildman–Crippen MR) is 79.5 cm³/mol. The first-order chi connectivity index (χ1) is 8.08. The fraction of sp³-hybridized carbons (Fsp3) is 0.462. The Morgan fingerprint density at radius 3 is 2.78 bits per heavy atom. The van der Waals surface area contributed by atoms with Crippen LogP contribution < -0.4 is 5.32 Å². The molecule has 0 aromatic heterocycles. The first-order valence-corrected chi connectivity index (χ1v) is 6.66. The Hall–Kier alpha value is -0.580. The van der Waals surface area contributed by atoms with Crippen LogP contribution in [-0.2, 0) is 0 Å². The molecule has 1 saturated heterocycles. The van der Waals surface area contributed by atoms with Crippen molar-refractivity contribution in [2.75, 3.05) is 19.6 Å². The smallest absolute Gasteiger partial charge is 0.254 e. The topological polar surface area (TPSA) is 32.3 Å². The van der Waals surface area contributed by atoms with Crippen LogP contribution in [0.2, 0.25) is 0 Å². The van der Waals surface area contributed by atoms with Crippen LogP contribution in [0, 0.1) is 6.92 Å². The summed E-state index contributed by atoms with van der Waals surface area (Å²) in [6, 6.07) is 6.11. The van der Waals surface area contributed by atoms with E-state index >= 15 is 0 Å². The minimum absolute atomic E-state index is 0. The number of benzene rings is 1. The van der Waals surface area contributed by atoms with Crippen molar-refractivity contribution in [3.63, 3.8) is 0 Å². The number of halogens is 2. The molecule has 18 heavy (non-hydrogen) atoms. The Kier molecular flexibility index (Phi) is 5.63. The normalized spacial score (nSPS) is 19.3. The summed E-state index contributed by atoms with van der Waals surface area (Å²) in [6.45, 7) is 6.62. The van der Waals surface area contributed by atoms with Crippen molar-refractivity contribution in [1.29, 1.82) is 0 Å². The van der Waals surface area contributed by atoms with E-state index in [9.17, 15) is 4.79 Å². The summed E-state index contributed by atoms with van der Waals surface area (Å²) in [5.74, 6) is 0.128. The van der Waals surface area contributed by atoms with Crippen molar-refractivity contribution in [2.24, 2.45) is 0 Å². The maximum Gasteiger partial charge on any atom is 0.254 e. The number of hydrogen-bond donors (Lipinski definition) is 1. The minimum atomic E-state index is 0. The van der Waals surface area contributed by atoms with Crippen molar-refractivity contribution in [3.05, 3.63) is 33.8 Å². The largest absolute Gasteiger partial charge is 0.333 e. The highest BCUT2D eigenvalue weighted by atomic mass is 79.9. The third-order valence-corrected chi connectivity index (χ3v) is 3.51. The number of nitrogens with zero attached hydrogens (tertiary/aromatic N) is 1. The van der Waals surface area contributed by atoms with Crippen molar-refractivity contribution < 1.29 is 4.79 Å². The monoisotopic (exact) mass is 332 g/mol. The highest BCUT2D eigenvalue weighted by Crippen LogP contribution is 2.18. The summed E-state index contributed by atoms with van der Waals surface area (Å²) < 4.78 is 0.962. The maximum atomic E-state index is 12.4. The summed E-state index contributed by atoms with van der Waals surface area (Å²) >= 11 is 3.44. The van der Waals surface area contributed by atoms with Crippen LogP contribution in [0.5, 0.6) is 0 Å². The lowest BCUT2D eigenvalue weighted by molar-refractivity contribution is 0.0655. The van der Waals surface area contributed by atoms with Crippen LogP contribution >= 0.6 is 28.3 Å². The van der Waals surface area contributed by atoms with Crippen molar-refractivity contribution >= 4 is 34.2 Å². The summed E-state index contributed by atoms with van der Waals surface area (Å²) in [5, 5.41) is 3.29. The Morgan fingerprint density at radius 1 is 1.44 bits per heavy atom. The lowest BCUT2D eigenvalue weighted by atomic mass is 10.1. The Balaban J connectivity index is 0.00000162. The van der Waals surface area contributed by atoms with Crippen molar-refractivity contribution in [2.45, 2.75) is 19.9 Å². The lowest BCUT2D eigenvalue weighted by Crippen LogP contribution is -2.52. The zero-order valence-corrected chi connectivity index (χ0v) is 13.0. The first-order valence-electron chi connectivity index (χ1n) is 5.87. The zero-order chi connectivity index (χ0) is 12.4. The molecule has 3 nitrogen and oxygen atoms in total. The highest BCUT2D eigenvalue weighted by Gasteiger charge is 2.24. The van der Waals surface area contributed by atoms with E-state index < -0.39 is 0 Å². The van der Waals surface area contributed by atoms with Gasteiger partial charge in [-0.1, -0.05) is 15.9 Å². The third kappa shape index (κ3) is 3.46. The second-order valence-corrected chi connectivity index (χ2v) is 5.48. The molecular formula is C13H18BrClN2O. The van der Waals surface area contributed by atoms with Gasteiger partial charge in [0.05, 0.1) is 0 Å². The summed E-state index contributed by atoms with van der Waals surface area (Å²) in [7, 11) is 0. The third-order valence-electron chi connectivity index (χ3n) is 3.05. The van der Waals surface area contributed by atoms with Crippen LogP contribution in [0.25, 0.3) is 0 Å². The average Bonchev–Trinajstić information content (AvgIpc) is 2.27. The van der Waals surface area contributed by atoms with Gasteiger partial charge in [-0.25, -0.2) is 0 Å². The van der Waals surface area contributed by atoms with E-state index in [1.54, 1.807) is 0 Å². The van der Waals surface area contributed by atoms with Gasteiger partial charge in [-0.2, -0.15) is 0 Å². The molecule has 0 spiro atoms. The minimum Gasteiger partial charge on any atom is -0.333 e. The van der Waals surface area contributed by atoms with E-state index in [2.05, 4.69) is 28.2 Å². The molecule has 0 aliphatic carbocycles. The molecular weight excluding hydrogens is 316 g/mol. The number of carbonyl (C=O) groups is 1. The molecule has 1 amide bonds. The Bertz CT molecular complexity index is 419.